The van der Waals surface area contributed by atoms with Gasteiger partial charge in [0.2, 0.25) is 5.13 Å². The molecule has 2 aromatic rings. The standard InChI is InChI=1S/C15H17IN4OS/c1-2-13-17-15(22-18-13)20-9-7-19(8-10-20)14(21)11-5-3-4-6-12(11)16/h3-6H,2,7-10H2,1H3. The molecule has 1 saturated heterocycles. The highest BCUT2D eigenvalue weighted by molar-refractivity contribution is 14.1. The van der Waals surface area contributed by atoms with Gasteiger partial charge in [-0.1, -0.05) is 19.1 Å². The van der Waals surface area contributed by atoms with Crippen molar-refractivity contribution in [3.8, 4) is 0 Å². The highest BCUT2D eigenvalue weighted by Crippen LogP contribution is 2.21. The quantitative estimate of drug-likeness (QED) is 0.706. The Labute approximate surface area is 147 Å². The Morgan fingerprint density at radius 2 is 2.00 bits per heavy atom. The molecule has 1 aromatic heterocycles. The summed E-state index contributed by atoms with van der Waals surface area (Å²) in [5.41, 5.74) is 0.792. The third kappa shape index (κ3) is 3.24. The molecule has 5 nitrogen and oxygen atoms in total. The average molecular weight is 428 g/mol. The topological polar surface area (TPSA) is 49.3 Å². The number of halogens is 1. The van der Waals surface area contributed by atoms with Gasteiger partial charge in [0.15, 0.2) is 0 Å². The van der Waals surface area contributed by atoms with Crippen molar-refractivity contribution in [3.63, 3.8) is 0 Å². The Balaban J connectivity index is 1.64. The lowest BCUT2D eigenvalue weighted by atomic mass is 10.2. The number of nitrogens with zero attached hydrogens (tertiary/aromatic N) is 4. The summed E-state index contributed by atoms with van der Waals surface area (Å²) >= 11 is 3.67. The van der Waals surface area contributed by atoms with E-state index in [-0.39, 0.29) is 5.91 Å². The second-order valence-corrected chi connectivity index (χ2v) is 7.00. The van der Waals surface area contributed by atoms with Gasteiger partial charge in [0, 0.05) is 47.7 Å². The number of rotatable bonds is 3. The molecule has 22 heavy (non-hydrogen) atoms. The Morgan fingerprint density at radius 1 is 1.27 bits per heavy atom. The number of hydrogen-bond donors (Lipinski definition) is 0. The van der Waals surface area contributed by atoms with Crippen LogP contribution in [0.2, 0.25) is 0 Å². The van der Waals surface area contributed by atoms with Crippen molar-refractivity contribution >= 4 is 45.2 Å². The molecule has 0 unspecified atom stereocenters. The molecule has 1 aromatic carbocycles. The number of benzene rings is 1. The van der Waals surface area contributed by atoms with Gasteiger partial charge >= 0.3 is 0 Å². The Kier molecular flexibility index (Phi) is 4.92. The van der Waals surface area contributed by atoms with Crippen LogP contribution in [0.3, 0.4) is 0 Å². The Hall–Kier alpha value is -1.22. The molecule has 0 saturated carbocycles. The van der Waals surface area contributed by atoms with Gasteiger partial charge in [-0.15, -0.1) is 0 Å². The van der Waals surface area contributed by atoms with Gasteiger partial charge in [0.05, 0.1) is 5.56 Å². The predicted molar refractivity (Wildman–Crippen MR) is 96.6 cm³/mol. The smallest absolute Gasteiger partial charge is 0.255 e. The van der Waals surface area contributed by atoms with Crippen molar-refractivity contribution in [1.29, 1.82) is 0 Å². The van der Waals surface area contributed by atoms with Crippen LogP contribution in [0.4, 0.5) is 5.13 Å². The summed E-state index contributed by atoms with van der Waals surface area (Å²) in [4.78, 5) is 21.3. The van der Waals surface area contributed by atoms with Crippen LogP contribution in [0.25, 0.3) is 0 Å². The lowest BCUT2D eigenvalue weighted by molar-refractivity contribution is 0.0745. The van der Waals surface area contributed by atoms with Gasteiger partial charge in [-0.2, -0.15) is 4.37 Å². The second kappa shape index (κ2) is 6.91. The maximum absolute atomic E-state index is 12.6. The molecule has 3 rings (SSSR count). The van der Waals surface area contributed by atoms with Gasteiger partial charge in [-0.25, -0.2) is 4.98 Å². The zero-order chi connectivity index (χ0) is 15.5. The number of piperazine rings is 1. The van der Waals surface area contributed by atoms with E-state index in [0.717, 1.165) is 52.7 Å². The van der Waals surface area contributed by atoms with Crippen LogP contribution in [0.1, 0.15) is 23.1 Å². The lowest BCUT2D eigenvalue weighted by Gasteiger charge is -2.34. The molecule has 1 aliphatic heterocycles. The molecule has 0 bridgehead atoms. The Bertz CT molecular complexity index is 667. The van der Waals surface area contributed by atoms with E-state index in [4.69, 9.17) is 0 Å². The minimum atomic E-state index is 0.121. The van der Waals surface area contributed by atoms with Gasteiger partial charge in [-0.3, -0.25) is 4.79 Å². The number of hydrogen-bond acceptors (Lipinski definition) is 5. The summed E-state index contributed by atoms with van der Waals surface area (Å²) in [7, 11) is 0. The summed E-state index contributed by atoms with van der Waals surface area (Å²) in [5, 5.41) is 0.971. The first-order valence-corrected chi connectivity index (χ1v) is 9.15. The molecule has 0 atom stereocenters. The van der Waals surface area contributed by atoms with Gasteiger partial charge in [0.1, 0.15) is 5.82 Å². The maximum atomic E-state index is 12.6. The molecule has 116 valence electrons. The zero-order valence-corrected chi connectivity index (χ0v) is 15.3. The molecule has 1 aliphatic rings. The fourth-order valence-corrected chi connectivity index (χ4v) is 3.84. The number of aryl methyl sites for hydroxylation is 1. The van der Waals surface area contributed by atoms with Crippen molar-refractivity contribution in [1.82, 2.24) is 14.3 Å². The van der Waals surface area contributed by atoms with Crippen LogP contribution < -0.4 is 4.90 Å². The van der Waals surface area contributed by atoms with Crippen LogP contribution in [0.15, 0.2) is 24.3 Å². The van der Waals surface area contributed by atoms with Crippen LogP contribution in [-0.2, 0) is 6.42 Å². The van der Waals surface area contributed by atoms with E-state index in [2.05, 4.69) is 43.8 Å². The third-order valence-electron chi connectivity index (χ3n) is 3.72. The zero-order valence-electron chi connectivity index (χ0n) is 12.3. The van der Waals surface area contributed by atoms with Crippen molar-refractivity contribution in [2.45, 2.75) is 13.3 Å². The molecule has 0 aliphatic carbocycles. The number of anilines is 1. The number of carbonyl (C=O) groups is 1. The predicted octanol–water partition coefficient (Wildman–Crippen LogP) is 2.67. The van der Waals surface area contributed by atoms with Crippen LogP contribution in [0.5, 0.6) is 0 Å². The van der Waals surface area contributed by atoms with Gasteiger partial charge in [-0.05, 0) is 34.7 Å². The first-order valence-electron chi connectivity index (χ1n) is 7.30. The molecule has 2 heterocycles. The molecular formula is C15H17IN4OS. The van der Waals surface area contributed by atoms with E-state index in [0.29, 0.717) is 0 Å². The monoisotopic (exact) mass is 428 g/mol. The van der Waals surface area contributed by atoms with E-state index in [9.17, 15) is 4.79 Å². The number of amides is 1. The molecule has 1 fully saturated rings. The summed E-state index contributed by atoms with van der Waals surface area (Å²) in [6.45, 7) is 5.14. The van der Waals surface area contributed by atoms with Gasteiger partial charge in [0.25, 0.3) is 5.91 Å². The molecule has 0 N–H and O–H groups in total. The minimum absolute atomic E-state index is 0.121. The molecule has 7 heteroatoms. The van der Waals surface area contributed by atoms with Crippen molar-refractivity contribution in [2.75, 3.05) is 31.1 Å². The molecular weight excluding hydrogens is 411 g/mol. The maximum Gasteiger partial charge on any atom is 0.255 e. The first-order chi connectivity index (χ1) is 10.7. The normalized spacial score (nSPS) is 15.2. The Morgan fingerprint density at radius 3 is 2.64 bits per heavy atom. The first kappa shape index (κ1) is 15.7. The van der Waals surface area contributed by atoms with Crippen LogP contribution >= 0.6 is 34.1 Å². The van der Waals surface area contributed by atoms with E-state index in [1.807, 2.05) is 29.2 Å². The molecule has 1 amide bonds. The van der Waals surface area contributed by atoms with Crippen molar-refractivity contribution < 1.29 is 4.79 Å². The number of carbonyl (C=O) groups excluding carboxylic acids is 1. The minimum Gasteiger partial charge on any atom is -0.343 e. The van der Waals surface area contributed by atoms with Gasteiger partial charge < -0.3 is 9.80 Å². The third-order valence-corrected chi connectivity index (χ3v) is 5.47. The SMILES string of the molecule is CCc1nsc(N2CCN(C(=O)c3ccccc3I)CC2)n1. The van der Waals surface area contributed by atoms with E-state index in [1.165, 1.54) is 11.5 Å². The highest BCUT2D eigenvalue weighted by atomic mass is 127. The van der Waals surface area contributed by atoms with Crippen molar-refractivity contribution in [2.24, 2.45) is 0 Å². The van der Waals surface area contributed by atoms with E-state index in [1.54, 1.807) is 0 Å². The lowest BCUT2D eigenvalue weighted by Crippen LogP contribution is -2.49. The van der Waals surface area contributed by atoms with Crippen LogP contribution in [0, 0.1) is 3.57 Å². The second-order valence-electron chi connectivity index (χ2n) is 5.11. The summed E-state index contributed by atoms with van der Waals surface area (Å²) in [6, 6.07) is 7.74. The highest BCUT2D eigenvalue weighted by Gasteiger charge is 2.24. The number of aromatic nitrogens is 2. The van der Waals surface area contributed by atoms with Crippen molar-refractivity contribution in [3.05, 3.63) is 39.2 Å². The van der Waals surface area contributed by atoms with E-state index < -0.39 is 0 Å². The molecule has 0 spiro atoms. The summed E-state index contributed by atoms with van der Waals surface area (Å²) < 4.78 is 5.33. The van der Waals surface area contributed by atoms with E-state index >= 15 is 0 Å². The summed E-state index contributed by atoms with van der Waals surface area (Å²) in [5.74, 6) is 1.02. The average Bonchev–Trinajstić information content (AvgIpc) is 3.04. The largest absolute Gasteiger partial charge is 0.343 e. The fraction of sp³-hybridized carbons (Fsp3) is 0.400. The summed E-state index contributed by atoms with van der Waals surface area (Å²) in [6.07, 6.45) is 0.862. The molecule has 0 radical (unpaired) electrons. The fourth-order valence-electron chi connectivity index (χ4n) is 2.42. The van der Waals surface area contributed by atoms with Crippen LogP contribution in [-0.4, -0.2) is 46.3 Å².